The number of hydrogen-bond donors (Lipinski definition) is 1. The molecule has 7 heteroatoms. The van der Waals surface area contributed by atoms with Crippen LogP contribution in [0.3, 0.4) is 0 Å². The number of fused-ring (bicyclic) bond motifs is 3. The summed E-state index contributed by atoms with van der Waals surface area (Å²) in [4.78, 5) is 12.3. The number of carboxylic acid groups (broad SMARTS) is 1. The lowest BCUT2D eigenvalue weighted by Crippen LogP contribution is -2.53. The van der Waals surface area contributed by atoms with Crippen molar-refractivity contribution in [3.8, 4) is 23.0 Å². The first-order valence-electron chi connectivity index (χ1n) is 12.5. The lowest BCUT2D eigenvalue weighted by Gasteiger charge is -2.50. The van der Waals surface area contributed by atoms with Crippen LogP contribution in [0.4, 0.5) is 0 Å². The fourth-order valence-corrected chi connectivity index (χ4v) is 5.16. The van der Waals surface area contributed by atoms with Crippen LogP contribution in [-0.4, -0.2) is 36.5 Å². The minimum Gasteiger partial charge on any atom is -0.497 e. The van der Waals surface area contributed by atoms with Crippen molar-refractivity contribution in [2.75, 3.05) is 13.7 Å². The lowest BCUT2D eigenvalue weighted by molar-refractivity contribution is -0.192. The first kappa shape index (κ1) is 25.0. The molecule has 2 aliphatic heterocycles. The van der Waals surface area contributed by atoms with Crippen molar-refractivity contribution in [2.45, 2.75) is 44.7 Å². The Labute approximate surface area is 216 Å². The van der Waals surface area contributed by atoms with E-state index in [4.69, 9.17) is 23.7 Å². The Balaban J connectivity index is 1.38. The van der Waals surface area contributed by atoms with Gasteiger partial charge < -0.3 is 28.8 Å². The van der Waals surface area contributed by atoms with Crippen molar-refractivity contribution in [3.05, 3.63) is 83.9 Å². The number of ether oxygens (including phenoxy) is 5. The van der Waals surface area contributed by atoms with E-state index in [1.54, 1.807) is 31.4 Å². The molecule has 0 unspecified atom stereocenters. The van der Waals surface area contributed by atoms with Gasteiger partial charge in [0.2, 0.25) is 0 Å². The lowest BCUT2D eigenvalue weighted by atomic mass is 9.72. The molecule has 1 saturated heterocycles. The Kier molecular flexibility index (Phi) is 6.98. The van der Waals surface area contributed by atoms with E-state index in [0.717, 1.165) is 22.6 Å². The summed E-state index contributed by atoms with van der Waals surface area (Å²) < 4.78 is 30.1. The highest BCUT2D eigenvalue weighted by Crippen LogP contribution is 2.52. The van der Waals surface area contributed by atoms with Crippen LogP contribution in [0, 0.1) is 11.8 Å². The largest absolute Gasteiger partial charge is 0.497 e. The molecular weight excluding hydrogens is 472 g/mol. The third kappa shape index (κ3) is 5.37. The Bertz CT molecular complexity index is 1220. The van der Waals surface area contributed by atoms with Crippen LogP contribution in [0.2, 0.25) is 0 Å². The number of carbonyl (C=O) groups is 1. The maximum atomic E-state index is 12.3. The standard InChI is InChI=1S/C30H32O7/c1-30(2)25-16-24(29(31)32)27(18-35-21-11-9-20(33-3)10-12-21)36-28(25)23-15-22(13-14-26(23)37-30)34-17-19-7-5-4-6-8-19/h4-15,24-25,27-28H,16-18H2,1-3H3,(H,31,32)/t24-,25-,27-,28+/m0/s1. The zero-order valence-electron chi connectivity index (χ0n) is 21.3. The molecule has 1 N–H and O–H groups in total. The average Bonchev–Trinajstić information content (AvgIpc) is 2.91. The summed E-state index contributed by atoms with van der Waals surface area (Å²) in [6, 6.07) is 22.9. The van der Waals surface area contributed by atoms with Crippen molar-refractivity contribution in [2.24, 2.45) is 11.8 Å². The zero-order valence-corrected chi connectivity index (χ0v) is 21.3. The van der Waals surface area contributed by atoms with Gasteiger partial charge in [0.25, 0.3) is 0 Å². The third-order valence-corrected chi connectivity index (χ3v) is 7.24. The first-order valence-corrected chi connectivity index (χ1v) is 12.5. The summed E-state index contributed by atoms with van der Waals surface area (Å²) in [5.74, 6) is 1.01. The quantitative estimate of drug-likeness (QED) is 0.423. The maximum Gasteiger partial charge on any atom is 0.309 e. The maximum absolute atomic E-state index is 12.3. The van der Waals surface area contributed by atoms with Gasteiger partial charge in [-0.1, -0.05) is 30.3 Å². The van der Waals surface area contributed by atoms with Gasteiger partial charge in [-0.15, -0.1) is 0 Å². The number of methoxy groups -OCH3 is 1. The van der Waals surface area contributed by atoms with Crippen molar-refractivity contribution in [1.29, 1.82) is 0 Å². The summed E-state index contributed by atoms with van der Waals surface area (Å²) in [5, 5.41) is 10.0. The second-order valence-electron chi connectivity index (χ2n) is 10.0. The van der Waals surface area contributed by atoms with Gasteiger partial charge >= 0.3 is 5.97 Å². The van der Waals surface area contributed by atoms with Gasteiger partial charge in [0, 0.05) is 11.5 Å². The molecule has 0 aromatic heterocycles. The van der Waals surface area contributed by atoms with Crippen molar-refractivity contribution >= 4 is 5.97 Å². The number of aliphatic carboxylic acids is 1. The van der Waals surface area contributed by atoms with E-state index in [1.807, 2.05) is 62.4 Å². The second-order valence-corrected chi connectivity index (χ2v) is 10.0. The monoisotopic (exact) mass is 504 g/mol. The molecule has 2 heterocycles. The minimum absolute atomic E-state index is 0.118. The van der Waals surface area contributed by atoms with Crippen molar-refractivity contribution in [1.82, 2.24) is 0 Å². The Hall–Kier alpha value is -3.71. The van der Waals surface area contributed by atoms with E-state index in [1.165, 1.54) is 0 Å². The topological polar surface area (TPSA) is 83.5 Å². The van der Waals surface area contributed by atoms with Crippen LogP contribution < -0.4 is 18.9 Å². The van der Waals surface area contributed by atoms with Gasteiger partial charge in [0.05, 0.1) is 19.1 Å². The second kappa shape index (κ2) is 10.3. The van der Waals surface area contributed by atoms with Crippen molar-refractivity contribution in [3.63, 3.8) is 0 Å². The van der Waals surface area contributed by atoms with E-state index >= 15 is 0 Å². The van der Waals surface area contributed by atoms with Crippen LogP contribution in [0.25, 0.3) is 0 Å². The van der Waals surface area contributed by atoms with Crippen LogP contribution >= 0.6 is 0 Å². The molecule has 37 heavy (non-hydrogen) atoms. The predicted molar refractivity (Wildman–Crippen MR) is 137 cm³/mol. The van der Waals surface area contributed by atoms with Gasteiger partial charge in [-0.05, 0) is 68.3 Å². The number of hydrogen-bond acceptors (Lipinski definition) is 6. The van der Waals surface area contributed by atoms with Crippen molar-refractivity contribution < 1.29 is 33.6 Å². The molecular formula is C30H32O7. The Morgan fingerprint density at radius 3 is 2.38 bits per heavy atom. The molecule has 3 aromatic rings. The first-order chi connectivity index (χ1) is 17.8. The SMILES string of the molecule is COc1ccc(OC[C@@H]2O[C@@H]3c4cc(OCc5ccccc5)ccc4OC(C)(C)[C@H]3C[C@@H]2C(=O)O)cc1. The third-order valence-electron chi connectivity index (χ3n) is 7.24. The number of rotatable bonds is 8. The summed E-state index contributed by atoms with van der Waals surface area (Å²) >= 11 is 0. The summed E-state index contributed by atoms with van der Waals surface area (Å²) in [6.07, 6.45) is -0.561. The normalized spacial score (nSPS) is 23.6. The molecule has 2 aliphatic rings. The van der Waals surface area contributed by atoms with Crippen LogP contribution in [0.15, 0.2) is 72.8 Å². The van der Waals surface area contributed by atoms with E-state index in [2.05, 4.69) is 0 Å². The molecule has 0 saturated carbocycles. The molecule has 0 bridgehead atoms. The predicted octanol–water partition coefficient (Wildman–Crippen LogP) is 5.67. The van der Waals surface area contributed by atoms with Crippen LogP contribution in [0.5, 0.6) is 23.0 Å². The van der Waals surface area contributed by atoms with Gasteiger partial charge in [0.1, 0.15) is 47.9 Å². The van der Waals surface area contributed by atoms with E-state index < -0.39 is 23.6 Å². The fourth-order valence-electron chi connectivity index (χ4n) is 5.16. The molecule has 194 valence electrons. The highest BCUT2D eigenvalue weighted by atomic mass is 16.6. The number of carboxylic acids is 1. The van der Waals surface area contributed by atoms with Gasteiger partial charge in [-0.2, -0.15) is 0 Å². The summed E-state index contributed by atoms with van der Waals surface area (Å²) in [5.41, 5.74) is 1.34. The molecule has 0 spiro atoms. The van der Waals surface area contributed by atoms with Gasteiger partial charge in [0.15, 0.2) is 0 Å². The highest BCUT2D eigenvalue weighted by molar-refractivity contribution is 5.71. The van der Waals surface area contributed by atoms with Gasteiger partial charge in [-0.25, -0.2) is 0 Å². The molecule has 3 aromatic carbocycles. The smallest absolute Gasteiger partial charge is 0.309 e. The Morgan fingerprint density at radius 2 is 1.68 bits per heavy atom. The molecule has 5 rings (SSSR count). The molecule has 1 fully saturated rings. The van der Waals surface area contributed by atoms with Crippen LogP contribution in [-0.2, 0) is 16.1 Å². The molecule has 0 amide bonds. The van der Waals surface area contributed by atoms with Crippen LogP contribution in [0.1, 0.15) is 37.5 Å². The summed E-state index contributed by atoms with van der Waals surface area (Å²) in [7, 11) is 1.60. The average molecular weight is 505 g/mol. The number of benzene rings is 3. The molecule has 7 nitrogen and oxygen atoms in total. The molecule has 0 radical (unpaired) electrons. The molecule has 4 atom stereocenters. The zero-order chi connectivity index (χ0) is 26.0. The summed E-state index contributed by atoms with van der Waals surface area (Å²) in [6.45, 7) is 4.54. The van der Waals surface area contributed by atoms with Gasteiger partial charge in [-0.3, -0.25) is 4.79 Å². The Morgan fingerprint density at radius 1 is 0.973 bits per heavy atom. The fraction of sp³-hybridized carbons (Fsp3) is 0.367. The highest BCUT2D eigenvalue weighted by Gasteiger charge is 2.52. The van der Waals surface area contributed by atoms with E-state index in [-0.39, 0.29) is 18.6 Å². The van der Waals surface area contributed by atoms with E-state index in [9.17, 15) is 9.90 Å². The molecule has 0 aliphatic carbocycles. The minimum atomic E-state index is -0.900. The van der Waals surface area contributed by atoms with E-state index in [0.29, 0.717) is 24.5 Å².